The minimum Gasteiger partial charge on any atom is -0.507 e. The van der Waals surface area contributed by atoms with E-state index in [4.69, 9.17) is 5.73 Å². The second kappa shape index (κ2) is 7.45. The Morgan fingerprint density at radius 1 is 1.43 bits per heavy atom. The third kappa shape index (κ3) is 4.21. The molecule has 1 aromatic carbocycles. The molecule has 28 heavy (non-hydrogen) atoms. The Morgan fingerprint density at radius 2 is 2.18 bits per heavy atom. The lowest BCUT2D eigenvalue weighted by Gasteiger charge is -2.13. The lowest BCUT2D eigenvalue weighted by Crippen LogP contribution is -2.71. The molecule has 0 bridgehead atoms. The summed E-state index contributed by atoms with van der Waals surface area (Å²) in [6, 6.07) is 1.59. The van der Waals surface area contributed by atoms with E-state index in [2.05, 4.69) is 20.3 Å². The summed E-state index contributed by atoms with van der Waals surface area (Å²) >= 11 is 0. The van der Waals surface area contributed by atoms with Crippen molar-refractivity contribution in [2.24, 2.45) is 5.92 Å². The molecular formula is C18H19F3N5O2+. The van der Waals surface area contributed by atoms with E-state index >= 15 is 0 Å². The molecule has 0 spiro atoms. The van der Waals surface area contributed by atoms with Crippen molar-refractivity contribution in [3.63, 3.8) is 0 Å². The summed E-state index contributed by atoms with van der Waals surface area (Å²) in [6.45, 7) is 2.60. The zero-order valence-corrected chi connectivity index (χ0v) is 15.0. The molecule has 1 atom stereocenters. The second-order valence-electron chi connectivity index (χ2n) is 6.64. The Balaban J connectivity index is 1.81. The highest BCUT2D eigenvalue weighted by Gasteiger charge is 2.32. The molecule has 0 radical (unpaired) electrons. The number of rotatable bonds is 4. The highest BCUT2D eigenvalue weighted by atomic mass is 19.4. The Morgan fingerprint density at radius 3 is 2.75 bits per heavy atom. The molecule has 1 fully saturated rings. The number of anilines is 1. The molecule has 3 rings (SSSR count). The number of hydrogen-bond donors (Lipinski definition) is 4. The van der Waals surface area contributed by atoms with Gasteiger partial charge in [-0.2, -0.15) is 13.2 Å². The molecule has 2 heterocycles. The van der Waals surface area contributed by atoms with Crippen LogP contribution in [-0.2, 0) is 11.0 Å². The summed E-state index contributed by atoms with van der Waals surface area (Å²) in [7, 11) is 0. The quantitative estimate of drug-likeness (QED) is 0.560. The van der Waals surface area contributed by atoms with Crippen LogP contribution >= 0.6 is 0 Å². The first kappa shape index (κ1) is 19.6. The van der Waals surface area contributed by atoms with E-state index in [1.165, 1.54) is 13.1 Å². The first-order chi connectivity index (χ1) is 13.1. The molecule has 1 amide bonds. The van der Waals surface area contributed by atoms with Crippen LogP contribution in [0.4, 0.5) is 19.0 Å². The van der Waals surface area contributed by atoms with Gasteiger partial charge in [-0.3, -0.25) is 4.79 Å². The topological polar surface area (TPSA) is 115 Å². The molecule has 2 aromatic rings. The van der Waals surface area contributed by atoms with Crippen LogP contribution < -0.4 is 16.0 Å². The number of nitrogens with two attached hydrogens (primary N) is 1. The number of nitrogens with one attached hydrogen (secondary N) is 2. The SMILES string of the molecule is Cc1cc(C(F)(F)F)cc(O)c1-c1cnc(C=[NH+]C[C@H]2CNC(=O)C2)c(N)n1. The number of hydrogen-bond acceptors (Lipinski definition) is 5. The third-order valence-corrected chi connectivity index (χ3v) is 4.43. The van der Waals surface area contributed by atoms with Gasteiger partial charge in [0.1, 0.15) is 12.3 Å². The van der Waals surface area contributed by atoms with Gasteiger partial charge in [0.25, 0.3) is 0 Å². The van der Waals surface area contributed by atoms with E-state index in [0.717, 1.165) is 6.07 Å². The van der Waals surface area contributed by atoms with E-state index in [-0.39, 0.29) is 34.5 Å². The fourth-order valence-corrected chi connectivity index (χ4v) is 3.04. The molecule has 1 aromatic heterocycles. The largest absolute Gasteiger partial charge is 0.507 e. The van der Waals surface area contributed by atoms with Gasteiger partial charge in [-0.25, -0.2) is 15.0 Å². The Labute approximate surface area is 158 Å². The summed E-state index contributed by atoms with van der Waals surface area (Å²) in [6.07, 6.45) is -1.21. The van der Waals surface area contributed by atoms with Gasteiger partial charge < -0.3 is 16.2 Å². The number of benzene rings is 1. The number of aromatic nitrogens is 2. The van der Waals surface area contributed by atoms with Gasteiger partial charge in [-0.15, -0.1) is 0 Å². The van der Waals surface area contributed by atoms with Gasteiger partial charge in [-0.05, 0) is 24.6 Å². The zero-order valence-electron chi connectivity index (χ0n) is 15.0. The number of halogens is 3. The Bertz CT molecular complexity index is 920. The van der Waals surface area contributed by atoms with Crippen LogP contribution in [0.5, 0.6) is 5.75 Å². The van der Waals surface area contributed by atoms with Gasteiger partial charge in [0.05, 0.1) is 17.5 Å². The van der Waals surface area contributed by atoms with E-state index in [1.54, 1.807) is 6.21 Å². The Hall–Kier alpha value is -3.17. The molecule has 1 aliphatic heterocycles. The van der Waals surface area contributed by atoms with Crippen molar-refractivity contribution in [1.82, 2.24) is 15.3 Å². The first-order valence-electron chi connectivity index (χ1n) is 8.52. The number of phenolic OH excluding ortho intramolecular Hbond substituents is 1. The third-order valence-electron chi connectivity index (χ3n) is 4.43. The maximum atomic E-state index is 12.9. The number of aryl methyl sites for hydroxylation is 1. The van der Waals surface area contributed by atoms with Gasteiger partial charge in [-0.1, -0.05) is 0 Å². The Kier molecular flexibility index (Phi) is 5.21. The van der Waals surface area contributed by atoms with Crippen molar-refractivity contribution in [2.45, 2.75) is 19.5 Å². The monoisotopic (exact) mass is 394 g/mol. The highest BCUT2D eigenvalue weighted by Crippen LogP contribution is 2.38. The van der Waals surface area contributed by atoms with Gasteiger partial charge in [0, 0.05) is 24.4 Å². The number of nitrogen functional groups attached to an aromatic ring is 1. The summed E-state index contributed by atoms with van der Waals surface area (Å²) < 4.78 is 38.6. The number of alkyl halides is 3. The average Bonchev–Trinajstić information content (AvgIpc) is 3.00. The number of aromatic hydroxyl groups is 1. The van der Waals surface area contributed by atoms with Crippen LogP contribution in [0, 0.1) is 12.8 Å². The van der Waals surface area contributed by atoms with Crippen molar-refractivity contribution in [2.75, 3.05) is 18.8 Å². The van der Waals surface area contributed by atoms with Crippen LogP contribution in [0.25, 0.3) is 11.3 Å². The molecule has 0 saturated carbocycles. The normalized spacial score (nSPS) is 17.3. The summed E-state index contributed by atoms with van der Waals surface area (Å²) in [5.41, 5.74) is 5.82. The standard InChI is InChI=1S/C18H18F3N5O2/c1-9-2-11(18(19,20)21)4-14(27)16(9)12-8-24-13(17(22)26-12)7-23-5-10-3-15(28)25-6-10/h2,4,7-8,10,27H,3,5-6H2,1H3,(H2,22,26)(H,25,28)/p+1/t10-/m0/s1. The van der Waals surface area contributed by atoms with Crippen LogP contribution in [0.15, 0.2) is 18.3 Å². The van der Waals surface area contributed by atoms with Gasteiger partial charge >= 0.3 is 6.18 Å². The summed E-state index contributed by atoms with van der Waals surface area (Å²) in [4.78, 5) is 22.5. The maximum absolute atomic E-state index is 12.9. The fourth-order valence-electron chi connectivity index (χ4n) is 3.04. The molecular weight excluding hydrogens is 375 g/mol. The second-order valence-corrected chi connectivity index (χ2v) is 6.64. The minimum absolute atomic E-state index is 0.0159. The van der Waals surface area contributed by atoms with Crippen LogP contribution in [0.3, 0.4) is 0 Å². The molecule has 0 aliphatic carbocycles. The van der Waals surface area contributed by atoms with Crippen LogP contribution in [0.2, 0.25) is 0 Å². The maximum Gasteiger partial charge on any atom is 0.416 e. The molecule has 148 valence electrons. The van der Waals surface area contributed by atoms with Crippen molar-refractivity contribution in [1.29, 1.82) is 0 Å². The minimum atomic E-state index is -4.56. The molecule has 0 unspecified atom stereocenters. The van der Waals surface area contributed by atoms with Crippen LogP contribution in [-0.4, -0.2) is 40.3 Å². The lowest BCUT2D eigenvalue weighted by molar-refractivity contribution is -0.459. The number of amides is 1. The summed E-state index contributed by atoms with van der Waals surface area (Å²) in [5.74, 6) is -0.301. The van der Waals surface area contributed by atoms with Crippen molar-refractivity contribution in [3.05, 3.63) is 35.2 Å². The van der Waals surface area contributed by atoms with Crippen molar-refractivity contribution >= 4 is 17.9 Å². The van der Waals surface area contributed by atoms with Crippen LogP contribution in [0.1, 0.15) is 23.2 Å². The van der Waals surface area contributed by atoms with Gasteiger partial charge in [0.15, 0.2) is 17.7 Å². The van der Waals surface area contributed by atoms with Gasteiger partial charge in [0.2, 0.25) is 5.91 Å². The number of carbonyl (C=O) groups excluding carboxylic acids is 1. The zero-order chi connectivity index (χ0) is 20.5. The molecule has 7 nitrogen and oxygen atoms in total. The first-order valence-corrected chi connectivity index (χ1v) is 8.52. The fraction of sp³-hybridized carbons (Fsp3) is 0.333. The molecule has 1 aliphatic rings. The number of phenols is 1. The van der Waals surface area contributed by atoms with Crippen molar-refractivity contribution in [3.8, 4) is 17.0 Å². The lowest BCUT2D eigenvalue weighted by atomic mass is 10.0. The smallest absolute Gasteiger partial charge is 0.416 e. The predicted octanol–water partition coefficient (Wildman–Crippen LogP) is 0.394. The molecule has 10 heteroatoms. The molecule has 5 N–H and O–H groups in total. The molecule has 1 saturated heterocycles. The van der Waals surface area contributed by atoms with E-state index in [1.807, 2.05) is 0 Å². The van der Waals surface area contributed by atoms with E-state index in [9.17, 15) is 23.1 Å². The average molecular weight is 394 g/mol. The van der Waals surface area contributed by atoms with E-state index < -0.39 is 17.5 Å². The number of nitrogens with zero attached hydrogens (tertiary/aromatic N) is 2. The van der Waals surface area contributed by atoms with Crippen molar-refractivity contribution < 1.29 is 28.1 Å². The number of carbonyl (C=O) groups is 1. The summed E-state index contributed by atoms with van der Waals surface area (Å²) in [5, 5.41) is 12.8. The highest BCUT2D eigenvalue weighted by molar-refractivity contribution is 5.81. The predicted molar refractivity (Wildman–Crippen MR) is 95.4 cm³/mol. The van der Waals surface area contributed by atoms with E-state index in [0.29, 0.717) is 31.3 Å².